The fraction of sp³-hybridized carbons (Fsp3) is 0.471. The highest BCUT2D eigenvalue weighted by Crippen LogP contribution is 2.24. The topological polar surface area (TPSA) is 100 Å². The van der Waals surface area contributed by atoms with E-state index < -0.39 is 23.6 Å². The van der Waals surface area contributed by atoms with Crippen LogP contribution in [-0.4, -0.2) is 51.0 Å². The van der Waals surface area contributed by atoms with Crippen molar-refractivity contribution in [3.05, 3.63) is 29.3 Å². The zero-order chi connectivity index (χ0) is 19.0. The number of methoxy groups -OCH3 is 2. The first-order valence-electron chi connectivity index (χ1n) is 7.59. The highest BCUT2D eigenvalue weighted by molar-refractivity contribution is 6.05. The minimum Gasteiger partial charge on any atom is -0.491 e. The van der Waals surface area contributed by atoms with Crippen LogP contribution in [-0.2, 0) is 14.2 Å². The summed E-state index contributed by atoms with van der Waals surface area (Å²) in [5.41, 5.74) is -0.598. The van der Waals surface area contributed by atoms with Gasteiger partial charge in [-0.2, -0.15) is 0 Å². The summed E-state index contributed by atoms with van der Waals surface area (Å²) in [5, 5.41) is 2.53. The molecule has 0 saturated heterocycles. The number of ether oxygens (including phenoxy) is 4. The van der Waals surface area contributed by atoms with Gasteiger partial charge in [0.15, 0.2) is 0 Å². The van der Waals surface area contributed by atoms with E-state index in [1.54, 1.807) is 26.8 Å². The summed E-state index contributed by atoms with van der Waals surface area (Å²) in [7, 11) is 2.41. The Bertz CT molecular complexity index is 634. The number of hydrogen-bond acceptors (Lipinski definition) is 7. The van der Waals surface area contributed by atoms with E-state index in [1.807, 2.05) is 0 Å². The van der Waals surface area contributed by atoms with Crippen LogP contribution in [0.25, 0.3) is 0 Å². The molecule has 0 aliphatic heterocycles. The van der Waals surface area contributed by atoms with Gasteiger partial charge in [0.05, 0.1) is 26.3 Å². The van der Waals surface area contributed by atoms with Crippen molar-refractivity contribution in [2.24, 2.45) is 0 Å². The molecule has 0 saturated carbocycles. The first-order valence-corrected chi connectivity index (χ1v) is 7.59. The van der Waals surface area contributed by atoms with Gasteiger partial charge in [-0.15, -0.1) is 0 Å². The van der Waals surface area contributed by atoms with Gasteiger partial charge in [0, 0.05) is 0 Å². The second-order valence-electron chi connectivity index (χ2n) is 5.94. The first kappa shape index (κ1) is 20.3. The number of alkyl carbamates (subject to hydrolysis) is 1. The summed E-state index contributed by atoms with van der Waals surface area (Å²) < 4.78 is 19.9. The van der Waals surface area contributed by atoms with Crippen LogP contribution in [0.1, 0.15) is 41.5 Å². The average molecular weight is 353 g/mol. The fourth-order valence-electron chi connectivity index (χ4n) is 1.87. The molecule has 25 heavy (non-hydrogen) atoms. The molecule has 138 valence electrons. The lowest BCUT2D eigenvalue weighted by atomic mass is 10.1. The lowest BCUT2D eigenvalue weighted by Gasteiger charge is -2.19. The van der Waals surface area contributed by atoms with Crippen LogP contribution < -0.4 is 10.1 Å². The Morgan fingerprint density at radius 2 is 1.68 bits per heavy atom. The first-order chi connectivity index (χ1) is 11.7. The molecule has 0 aromatic heterocycles. The average Bonchev–Trinajstić information content (AvgIpc) is 2.55. The molecule has 1 rings (SSSR count). The van der Waals surface area contributed by atoms with E-state index in [9.17, 15) is 14.4 Å². The van der Waals surface area contributed by atoms with E-state index in [1.165, 1.54) is 26.4 Å². The van der Waals surface area contributed by atoms with Gasteiger partial charge >= 0.3 is 18.0 Å². The molecule has 1 aromatic rings. The zero-order valence-electron chi connectivity index (χ0n) is 15.0. The van der Waals surface area contributed by atoms with Crippen LogP contribution in [0.15, 0.2) is 18.2 Å². The van der Waals surface area contributed by atoms with Gasteiger partial charge in [-0.05, 0) is 32.9 Å². The molecule has 0 atom stereocenters. The summed E-state index contributed by atoms with van der Waals surface area (Å²) >= 11 is 0. The van der Waals surface area contributed by atoms with E-state index in [0.717, 1.165) is 0 Å². The number of carbonyl (C=O) groups is 3. The van der Waals surface area contributed by atoms with Crippen molar-refractivity contribution in [2.75, 3.05) is 27.4 Å². The van der Waals surface area contributed by atoms with Crippen molar-refractivity contribution < 1.29 is 33.3 Å². The number of carbonyl (C=O) groups excluding carboxylic acids is 3. The molecule has 0 spiro atoms. The molecule has 8 nitrogen and oxygen atoms in total. The molecule has 0 fully saturated rings. The lowest BCUT2D eigenvalue weighted by Crippen LogP contribution is -2.34. The van der Waals surface area contributed by atoms with E-state index in [2.05, 4.69) is 10.1 Å². The summed E-state index contributed by atoms with van der Waals surface area (Å²) in [6, 6.07) is 4.51. The maximum Gasteiger partial charge on any atom is 0.407 e. The minimum atomic E-state index is -0.726. The molecule has 0 aliphatic carbocycles. The van der Waals surface area contributed by atoms with Crippen molar-refractivity contribution in [1.29, 1.82) is 0 Å². The largest absolute Gasteiger partial charge is 0.491 e. The summed E-state index contributed by atoms with van der Waals surface area (Å²) in [5.74, 6) is -1.26. The minimum absolute atomic E-state index is 0.0332. The maximum absolute atomic E-state index is 12.0. The molecular weight excluding hydrogens is 330 g/mol. The molecule has 1 amide bonds. The Labute approximate surface area is 146 Å². The molecule has 0 heterocycles. The van der Waals surface area contributed by atoms with Gasteiger partial charge in [-0.3, -0.25) is 0 Å². The second-order valence-corrected chi connectivity index (χ2v) is 5.94. The van der Waals surface area contributed by atoms with Crippen LogP contribution in [0.5, 0.6) is 5.75 Å². The van der Waals surface area contributed by atoms with Crippen LogP contribution in [0, 0.1) is 0 Å². The third-order valence-corrected chi connectivity index (χ3v) is 2.85. The SMILES string of the molecule is COC(=O)c1cccc(OCCNC(=O)OC(C)(C)C)c1C(=O)OC. The van der Waals surface area contributed by atoms with Gasteiger partial charge in [0.2, 0.25) is 0 Å². The molecule has 1 aromatic carbocycles. The molecule has 0 unspecified atom stereocenters. The van der Waals surface area contributed by atoms with Crippen molar-refractivity contribution >= 4 is 18.0 Å². The summed E-state index contributed by atoms with van der Waals surface area (Å²) in [6.07, 6.45) is -0.576. The maximum atomic E-state index is 12.0. The Balaban J connectivity index is 2.77. The Kier molecular flexibility index (Phi) is 7.22. The molecule has 0 radical (unpaired) electrons. The highest BCUT2D eigenvalue weighted by Gasteiger charge is 2.23. The van der Waals surface area contributed by atoms with E-state index in [4.69, 9.17) is 14.2 Å². The van der Waals surface area contributed by atoms with Gasteiger partial charge < -0.3 is 24.3 Å². The van der Waals surface area contributed by atoms with Crippen molar-refractivity contribution in [1.82, 2.24) is 5.32 Å². The van der Waals surface area contributed by atoms with Crippen LogP contribution in [0.4, 0.5) is 4.79 Å². The van der Waals surface area contributed by atoms with Gasteiger partial charge in [0.1, 0.15) is 23.5 Å². The Hall–Kier alpha value is -2.77. The molecule has 0 bridgehead atoms. The summed E-state index contributed by atoms with van der Waals surface area (Å²) in [4.78, 5) is 35.3. The van der Waals surface area contributed by atoms with Crippen molar-refractivity contribution in [2.45, 2.75) is 26.4 Å². The monoisotopic (exact) mass is 353 g/mol. The van der Waals surface area contributed by atoms with E-state index >= 15 is 0 Å². The Morgan fingerprint density at radius 3 is 2.24 bits per heavy atom. The standard InChI is InChI=1S/C17H23NO7/c1-17(2,3)25-16(21)18-9-10-24-12-8-6-7-11(14(19)22-4)13(12)15(20)23-5/h6-8H,9-10H2,1-5H3,(H,18,21). The number of benzene rings is 1. The van der Waals surface area contributed by atoms with Crippen molar-refractivity contribution in [3.8, 4) is 5.75 Å². The predicted molar refractivity (Wildman–Crippen MR) is 88.9 cm³/mol. The fourth-order valence-corrected chi connectivity index (χ4v) is 1.87. The molecule has 8 heteroatoms. The van der Waals surface area contributed by atoms with Gasteiger partial charge in [0.25, 0.3) is 0 Å². The smallest absolute Gasteiger partial charge is 0.407 e. The second kappa shape index (κ2) is 8.91. The highest BCUT2D eigenvalue weighted by atomic mass is 16.6. The molecular formula is C17H23NO7. The third kappa shape index (κ3) is 6.33. The van der Waals surface area contributed by atoms with Crippen LogP contribution in [0.3, 0.4) is 0 Å². The third-order valence-electron chi connectivity index (χ3n) is 2.85. The quantitative estimate of drug-likeness (QED) is 0.475. The summed E-state index contributed by atoms with van der Waals surface area (Å²) in [6.45, 7) is 5.48. The normalized spacial score (nSPS) is 10.6. The van der Waals surface area contributed by atoms with Crippen molar-refractivity contribution in [3.63, 3.8) is 0 Å². The zero-order valence-corrected chi connectivity index (χ0v) is 15.0. The number of hydrogen-bond donors (Lipinski definition) is 1. The number of rotatable bonds is 6. The lowest BCUT2D eigenvalue weighted by molar-refractivity contribution is 0.0516. The Morgan fingerprint density at radius 1 is 1.04 bits per heavy atom. The molecule has 1 N–H and O–H groups in total. The number of nitrogens with one attached hydrogen (secondary N) is 1. The van der Waals surface area contributed by atoms with E-state index in [-0.39, 0.29) is 30.0 Å². The number of esters is 2. The van der Waals surface area contributed by atoms with Gasteiger partial charge in [-0.1, -0.05) is 6.07 Å². The van der Waals surface area contributed by atoms with E-state index in [0.29, 0.717) is 0 Å². The van der Waals surface area contributed by atoms with Crippen LogP contribution >= 0.6 is 0 Å². The van der Waals surface area contributed by atoms with Gasteiger partial charge in [-0.25, -0.2) is 14.4 Å². The van der Waals surface area contributed by atoms with Crippen LogP contribution in [0.2, 0.25) is 0 Å². The number of amides is 1. The predicted octanol–water partition coefficient (Wildman–Crippen LogP) is 2.16. The molecule has 0 aliphatic rings.